The molecule has 1 aliphatic rings. The highest BCUT2D eigenvalue weighted by Gasteiger charge is 2.37. The topological polar surface area (TPSA) is 49.3 Å². The van der Waals surface area contributed by atoms with Crippen molar-refractivity contribution >= 4 is 17.6 Å². The molecule has 0 aromatic heterocycles. The molecule has 1 aromatic rings. The van der Waals surface area contributed by atoms with Gasteiger partial charge in [-0.25, -0.2) is 0 Å². The highest BCUT2D eigenvalue weighted by molar-refractivity contribution is 6.30. The number of carbonyl (C=O) groups is 1. The van der Waals surface area contributed by atoms with Crippen molar-refractivity contribution < 1.29 is 9.90 Å². The molecule has 0 spiro atoms. The van der Waals surface area contributed by atoms with Crippen molar-refractivity contribution in [2.75, 3.05) is 6.54 Å². The Morgan fingerprint density at radius 3 is 2.86 bits per heavy atom. The lowest BCUT2D eigenvalue weighted by molar-refractivity contribution is -0.145. The first-order valence-corrected chi connectivity index (χ1v) is 4.78. The SMILES string of the molecule is O=C(O)C1CNC1c1cccc(Cl)c1. The molecule has 2 rings (SSSR count). The first-order chi connectivity index (χ1) is 6.68. The van der Waals surface area contributed by atoms with E-state index in [1.54, 1.807) is 12.1 Å². The summed E-state index contributed by atoms with van der Waals surface area (Å²) in [6, 6.07) is 7.20. The van der Waals surface area contributed by atoms with Crippen molar-refractivity contribution in [3.8, 4) is 0 Å². The van der Waals surface area contributed by atoms with E-state index >= 15 is 0 Å². The fourth-order valence-electron chi connectivity index (χ4n) is 1.63. The van der Waals surface area contributed by atoms with Gasteiger partial charge in [-0.3, -0.25) is 4.79 Å². The number of aliphatic carboxylic acids is 1. The van der Waals surface area contributed by atoms with Gasteiger partial charge in [0.2, 0.25) is 0 Å². The molecule has 1 heterocycles. The lowest BCUT2D eigenvalue weighted by Gasteiger charge is -2.35. The molecule has 1 aliphatic heterocycles. The van der Waals surface area contributed by atoms with Crippen LogP contribution >= 0.6 is 11.6 Å². The van der Waals surface area contributed by atoms with E-state index in [4.69, 9.17) is 16.7 Å². The molecule has 14 heavy (non-hydrogen) atoms. The number of hydrogen-bond acceptors (Lipinski definition) is 2. The van der Waals surface area contributed by atoms with Crippen LogP contribution in [0.1, 0.15) is 11.6 Å². The molecule has 0 saturated carbocycles. The molecule has 1 saturated heterocycles. The predicted octanol–water partition coefficient (Wildman–Crippen LogP) is 1.69. The molecule has 2 unspecified atom stereocenters. The second-order valence-corrected chi connectivity index (χ2v) is 3.82. The fourth-order valence-corrected chi connectivity index (χ4v) is 1.83. The zero-order valence-electron chi connectivity index (χ0n) is 7.40. The zero-order chi connectivity index (χ0) is 10.1. The van der Waals surface area contributed by atoms with Gasteiger partial charge in [-0.15, -0.1) is 0 Å². The van der Waals surface area contributed by atoms with Gasteiger partial charge in [-0.2, -0.15) is 0 Å². The summed E-state index contributed by atoms with van der Waals surface area (Å²) in [6.07, 6.45) is 0. The molecule has 2 atom stereocenters. The summed E-state index contributed by atoms with van der Waals surface area (Å²) < 4.78 is 0. The molecular weight excluding hydrogens is 202 g/mol. The summed E-state index contributed by atoms with van der Waals surface area (Å²) in [5, 5.41) is 12.6. The number of hydrogen-bond donors (Lipinski definition) is 2. The summed E-state index contributed by atoms with van der Waals surface area (Å²) in [4.78, 5) is 10.8. The average Bonchev–Trinajstić information content (AvgIpc) is 2.00. The second-order valence-electron chi connectivity index (χ2n) is 3.39. The highest BCUT2D eigenvalue weighted by atomic mass is 35.5. The first-order valence-electron chi connectivity index (χ1n) is 4.40. The number of nitrogens with one attached hydrogen (secondary N) is 1. The van der Waals surface area contributed by atoms with Gasteiger partial charge in [-0.1, -0.05) is 23.7 Å². The van der Waals surface area contributed by atoms with Crippen molar-refractivity contribution in [1.82, 2.24) is 5.32 Å². The Hall–Kier alpha value is -1.06. The maximum atomic E-state index is 10.8. The first kappa shape index (κ1) is 9.49. The Morgan fingerprint density at radius 2 is 2.36 bits per heavy atom. The van der Waals surface area contributed by atoms with E-state index in [-0.39, 0.29) is 12.0 Å². The molecule has 0 bridgehead atoms. The summed E-state index contributed by atoms with van der Waals surface area (Å²) in [6.45, 7) is 0.534. The predicted molar refractivity (Wildman–Crippen MR) is 53.3 cm³/mol. The van der Waals surface area contributed by atoms with Crippen molar-refractivity contribution in [1.29, 1.82) is 0 Å². The van der Waals surface area contributed by atoms with E-state index in [0.717, 1.165) is 5.56 Å². The van der Waals surface area contributed by atoms with E-state index < -0.39 is 5.97 Å². The van der Waals surface area contributed by atoms with Crippen LogP contribution in [0.5, 0.6) is 0 Å². The van der Waals surface area contributed by atoms with Crippen molar-refractivity contribution in [3.05, 3.63) is 34.9 Å². The normalized spacial score (nSPS) is 25.5. The Bertz CT molecular complexity index is 367. The third-order valence-electron chi connectivity index (χ3n) is 2.49. The molecule has 1 fully saturated rings. The van der Waals surface area contributed by atoms with Crippen molar-refractivity contribution in [2.24, 2.45) is 5.92 Å². The third-order valence-corrected chi connectivity index (χ3v) is 2.72. The Balaban J connectivity index is 2.20. The van der Waals surface area contributed by atoms with Gasteiger partial charge < -0.3 is 10.4 Å². The van der Waals surface area contributed by atoms with E-state index in [1.807, 2.05) is 12.1 Å². The van der Waals surface area contributed by atoms with Gasteiger partial charge in [0.15, 0.2) is 0 Å². The molecule has 0 aliphatic carbocycles. The molecule has 0 amide bonds. The van der Waals surface area contributed by atoms with Gasteiger partial charge in [0.25, 0.3) is 0 Å². The van der Waals surface area contributed by atoms with Gasteiger partial charge in [0, 0.05) is 17.6 Å². The highest BCUT2D eigenvalue weighted by Crippen LogP contribution is 2.30. The number of rotatable bonds is 2. The van der Waals surface area contributed by atoms with Crippen LogP contribution in [0, 0.1) is 5.92 Å². The number of benzene rings is 1. The van der Waals surface area contributed by atoms with Gasteiger partial charge in [-0.05, 0) is 17.7 Å². The fraction of sp³-hybridized carbons (Fsp3) is 0.300. The van der Waals surface area contributed by atoms with Crippen LogP contribution in [-0.4, -0.2) is 17.6 Å². The molecule has 2 N–H and O–H groups in total. The van der Waals surface area contributed by atoms with Gasteiger partial charge in [0.1, 0.15) is 0 Å². The minimum atomic E-state index is -0.756. The molecule has 4 heteroatoms. The lowest BCUT2D eigenvalue weighted by Crippen LogP contribution is -2.49. The monoisotopic (exact) mass is 211 g/mol. The maximum Gasteiger partial charge on any atom is 0.309 e. The van der Waals surface area contributed by atoms with Crippen LogP contribution in [0.3, 0.4) is 0 Å². The zero-order valence-corrected chi connectivity index (χ0v) is 8.16. The Morgan fingerprint density at radius 1 is 1.57 bits per heavy atom. The Kier molecular flexibility index (Phi) is 2.44. The second kappa shape index (κ2) is 3.59. The van der Waals surface area contributed by atoms with Crippen LogP contribution < -0.4 is 5.32 Å². The maximum absolute atomic E-state index is 10.8. The Labute approximate surface area is 86.7 Å². The van der Waals surface area contributed by atoms with E-state index in [1.165, 1.54) is 0 Å². The van der Waals surface area contributed by atoms with Gasteiger partial charge >= 0.3 is 5.97 Å². The number of carboxylic acids is 1. The number of halogens is 1. The van der Waals surface area contributed by atoms with E-state index in [9.17, 15) is 4.79 Å². The summed E-state index contributed by atoms with van der Waals surface area (Å²) in [5.41, 5.74) is 0.941. The van der Waals surface area contributed by atoms with Gasteiger partial charge in [0.05, 0.1) is 5.92 Å². The summed E-state index contributed by atoms with van der Waals surface area (Å²) in [5.74, 6) is -1.08. The summed E-state index contributed by atoms with van der Waals surface area (Å²) >= 11 is 5.82. The van der Waals surface area contributed by atoms with Crippen LogP contribution in [-0.2, 0) is 4.79 Å². The minimum Gasteiger partial charge on any atom is -0.481 e. The lowest BCUT2D eigenvalue weighted by atomic mass is 9.86. The molecule has 74 valence electrons. The summed E-state index contributed by atoms with van der Waals surface area (Å²) in [7, 11) is 0. The van der Waals surface area contributed by atoms with E-state index in [0.29, 0.717) is 11.6 Å². The quantitative estimate of drug-likeness (QED) is 0.783. The van der Waals surface area contributed by atoms with Crippen LogP contribution in [0.4, 0.5) is 0 Å². The largest absolute Gasteiger partial charge is 0.481 e. The smallest absolute Gasteiger partial charge is 0.309 e. The molecular formula is C10H10ClNO2. The number of carboxylic acid groups (broad SMARTS) is 1. The molecule has 0 radical (unpaired) electrons. The van der Waals surface area contributed by atoms with Crippen molar-refractivity contribution in [2.45, 2.75) is 6.04 Å². The molecule has 1 aromatic carbocycles. The van der Waals surface area contributed by atoms with Crippen LogP contribution in [0.15, 0.2) is 24.3 Å². The molecule has 3 nitrogen and oxygen atoms in total. The average molecular weight is 212 g/mol. The van der Waals surface area contributed by atoms with Crippen LogP contribution in [0.2, 0.25) is 5.02 Å². The standard InChI is InChI=1S/C10H10ClNO2/c11-7-3-1-2-6(4-7)9-8(5-12-9)10(13)14/h1-4,8-9,12H,5H2,(H,13,14). The van der Waals surface area contributed by atoms with Crippen molar-refractivity contribution in [3.63, 3.8) is 0 Å². The minimum absolute atomic E-state index is 0.0915. The third kappa shape index (κ3) is 1.61. The van der Waals surface area contributed by atoms with E-state index in [2.05, 4.69) is 5.32 Å². The van der Waals surface area contributed by atoms with Crippen LogP contribution in [0.25, 0.3) is 0 Å².